The Morgan fingerprint density at radius 1 is 1.78 bits per heavy atom. The van der Waals surface area contributed by atoms with Crippen molar-refractivity contribution in [1.82, 2.24) is 4.98 Å². The number of aromatic nitrogens is 1. The van der Waals surface area contributed by atoms with Crippen molar-refractivity contribution < 1.29 is 9.52 Å². The van der Waals surface area contributed by atoms with Gasteiger partial charge < -0.3 is 9.52 Å². The summed E-state index contributed by atoms with van der Waals surface area (Å²) in [5.74, 6) is -0.474. The molecule has 9 heavy (non-hydrogen) atoms. The number of rotatable bonds is 2. The third-order valence-corrected chi connectivity index (χ3v) is 0.952. The quantitative estimate of drug-likeness (QED) is 0.565. The SMILES string of the molecule is O=c1[nH]c(CCO)co1. The molecule has 4 nitrogen and oxygen atoms in total. The first-order chi connectivity index (χ1) is 4.33. The second-order valence-electron chi connectivity index (χ2n) is 1.65. The molecule has 4 heteroatoms. The van der Waals surface area contributed by atoms with Crippen LogP contribution in [0.15, 0.2) is 15.5 Å². The smallest absolute Gasteiger partial charge is 0.416 e. The molecule has 1 aromatic heterocycles. The number of hydrogen-bond acceptors (Lipinski definition) is 3. The van der Waals surface area contributed by atoms with E-state index in [1.165, 1.54) is 6.26 Å². The molecule has 1 rings (SSSR count). The Labute approximate surface area is 51.1 Å². The lowest BCUT2D eigenvalue weighted by Gasteiger charge is -1.84. The molecule has 0 aliphatic carbocycles. The molecule has 0 aromatic carbocycles. The maximum Gasteiger partial charge on any atom is 0.416 e. The minimum Gasteiger partial charge on any atom is -0.416 e. The van der Waals surface area contributed by atoms with Gasteiger partial charge in [-0.15, -0.1) is 0 Å². The molecular formula is C5H7NO3. The third-order valence-electron chi connectivity index (χ3n) is 0.952. The number of hydrogen-bond donors (Lipinski definition) is 2. The number of aliphatic hydroxyl groups excluding tert-OH is 1. The molecule has 1 aromatic rings. The van der Waals surface area contributed by atoms with Crippen LogP contribution in [0.1, 0.15) is 5.69 Å². The van der Waals surface area contributed by atoms with E-state index in [2.05, 4.69) is 9.40 Å². The zero-order valence-corrected chi connectivity index (χ0v) is 4.76. The Morgan fingerprint density at radius 3 is 3.00 bits per heavy atom. The molecule has 0 spiro atoms. The van der Waals surface area contributed by atoms with Crippen LogP contribution >= 0.6 is 0 Å². The molecule has 0 aliphatic rings. The van der Waals surface area contributed by atoms with E-state index in [1.807, 2.05) is 0 Å². The molecule has 0 unspecified atom stereocenters. The van der Waals surface area contributed by atoms with E-state index in [0.29, 0.717) is 12.1 Å². The van der Waals surface area contributed by atoms with Crippen molar-refractivity contribution in [2.24, 2.45) is 0 Å². The molecule has 0 fully saturated rings. The fourth-order valence-corrected chi connectivity index (χ4v) is 0.557. The van der Waals surface area contributed by atoms with Crippen molar-refractivity contribution in [2.75, 3.05) is 6.61 Å². The van der Waals surface area contributed by atoms with Crippen LogP contribution in [0.2, 0.25) is 0 Å². The first-order valence-corrected chi connectivity index (χ1v) is 2.60. The summed E-state index contributed by atoms with van der Waals surface area (Å²) in [5, 5.41) is 8.37. The van der Waals surface area contributed by atoms with Crippen LogP contribution in [-0.2, 0) is 6.42 Å². The summed E-state index contributed by atoms with van der Waals surface area (Å²) in [7, 11) is 0. The largest absolute Gasteiger partial charge is 0.416 e. The van der Waals surface area contributed by atoms with E-state index >= 15 is 0 Å². The zero-order chi connectivity index (χ0) is 6.69. The van der Waals surface area contributed by atoms with Crippen LogP contribution in [0, 0.1) is 0 Å². The van der Waals surface area contributed by atoms with Crippen LogP contribution in [0.3, 0.4) is 0 Å². The van der Waals surface area contributed by atoms with Gasteiger partial charge in [0.25, 0.3) is 0 Å². The van der Waals surface area contributed by atoms with Gasteiger partial charge in [-0.05, 0) is 0 Å². The fourth-order valence-electron chi connectivity index (χ4n) is 0.557. The van der Waals surface area contributed by atoms with Crippen molar-refractivity contribution in [3.05, 3.63) is 22.5 Å². The van der Waals surface area contributed by atoms with Gasteiger partial charge in [0.15, 0.2) is 0 Å². The van der Waals surface area contributed by atoms with Crippen molar-refractivity contribution in [3.63, 3.8) is 0 Å². The number of aliphatic hydroxyl groups is 1. The van der Waals surface area contributed by atoms with Gasteiger partial charge in [0.1, 0.15) is 6.26 Å². The summed E-state index contributed by atoms with van der Waals surface area (Å²) in [6.45, 7) is 0.0233. The van der Waals surface area contributed by atoms with E-state index in [1.54, 1.807) is 0 Å². The Bertz CT molecular complexity index is 224. The first kappa shape index (κ1) is 6.10. The molecule has 0 aliphatic heterocycles. The third kappa shape index (κ3) is 1.43. The monoisotopic (exact) mass is 129 g/mol. The molecule has 50 valence electrons. The molecule has 2 N–H and O–H groups in total. The lowest BCUT2D eigenvalue weighted by Crippen LogP contribution is -1.98. The van der Waals surface area contributed by atoms with Gasteiger partial charge in [0.2, 0.25) is 0 Å². The van der Waals surface area contributed by atoms with Crippen molar-refractivity contribution in [1.29, 1.82) is 0 Å². The first-order valence-electron chi connectivity index (χ1n) is 2.60. The summed E-state index contributed by atoms with van der Waals surface area (Å²) in [5.41, 5.74) is 0.627. The lowest BCUT2D eigenvalue weighted by atomic mass is 10.4. The van der Waals surface area contributed by atoms with E-state index < -0.39 is 5.76 Å². The molecular weight excluding hydrogens is 122 g/mol. The van der Waals surface area contributed by atoms with Crippen LogP contribution in [0.25, 0.3) is 0 Å². The molecule has 0 saturated heterocycles. The predicted octanol–water partition coefficient (Wildman–Crippen LogP) is -0.497. The lowest BCUT2D eigenvalue weighted by molar-refractivity contribution is 0.298. The highest BCUT2D eigenvalue weighted by Crippen LogP contribution is 1.88. The average Bonchev–Trinajstić information content (AvgIpc) is 2.17. The second kappa shape index (κ2) is 2.50. The van der Waals surface area contributed by atoms with Gasteiger partial charge in [-0.1, -0.05) is 0 Å². The van der Waals surface area contributed by atoms with Gasteiger partial charge >= 0.3 is 5.76 Å². The summed E-state index contributed by atoms with van der Waals surface area (Å²) < 4.78 is 4.39. The van der Waals surface area contributed by atoms with Crippen LogP contribution in [0.5, 0.6) is 0 Å². The second-order valence-corrected chi connectivity index (χ2v) is 1.65. The maximum absolute atomic E-state index is 10.3. The topological polar surface area (TPSA) is 66.2 Å². The van der Waals surface area contributed by atoms with Crippen LogP contribution < -0.4 is 5.76 Å². The fraction of sp³-hybridized carbons (Fsp3) is 0.400. The molecule has 0 saturated carbocycles. The Hall–Kier alpha value is -1.03. The van der Waals surface area contributed by atoms with Crippen LogP contribution in [-0.4, -0.2) is 16.7 Å². The number of H-pyrrole nitrogens is 1. The molecule has 0 amide bonds. The highest BCUT2D eigenvalue weighted by atomic mass is 16.4. The van der Waals surface area contributed by atoms with E-state index in [-0.39, 0.29) is 6.61 Å². The molecule has 0 atom stereocenters. The van der Waals surface area contributed by atoms with Gasteiger partial charge in [0, 0.05) is 13.0 Å². The number of aromatic amines is 1. The Morgan fingerprint density at radius 2 is 2.56 bits per heavy atom. The summed E-state index contributed by atoms with van der Waals surface area (Å²) in [6.07, 6.45) is 1.74. The van der Waals surface area contributed by atoms with Gasteiger partial charge in [-0.2, -0.15) is 0 Å². The van der Waals surface area contributed by atoms with Crippen molar-refractivity contribution >= 4 is 0 Å². The normalized spacial score (nSPS) is 9.89. The standard InChI is InChI=1S/C5H7NO3/c7-2-1-4-3-9-5(8)6-4/h3,7H,1-2H2,(H,6,8). The Kier molecular flexibility index (Phi) is 1.69. The van der Waals surface area contributed by atoms with Gasteiger partial charge in [0.05, 0.1) is 5.69 Å². The Balaban J connectivity index is 2.73. The maximum atomic E-state index is 10.3. The summed E-state index contributed by atoms with van der Waals surface area (Å²) in [4.78, 5) is 12.7. The van der Waals surface area contributed by atoms with E-state index in [4.69, 9.17) is 5.11 Å². The average molecular weight is 129 g/mol. The summed E-state index contributed by atoms with van der Waals surface area (Å²) in [6, 6.07) is 0. The van der Waals surface area contributed by atoms with E-state index in [0.717, 1.165) is 0 Å². The van der Waals surface area contributed by atoms with Crippen molar-refractivity contribution in [2.45, 2.75) is 6.42 Å². The minimum absolute atomic E-state index is 0.0233. The molecule has 0 radical (unpaired) electrons. The van der Waals surface area contributed by atoms with Gasteiger partial charge in [-0.25, -0.2) is 4.79 Å². The highest BCUT2D eigenvalue weighted by Gasteiger charge is 1.93. The number of nitrogens with one attached hydrogen (secondary N) is 1. The number of oxazole rings is 1. The van der Waals surface area contributed by atoms with Crippen molar-refractivity contribution in [3.8, 4) is 0 Å². The van der Waals surface area contributed by atoms with Gasteiger partial charge in [-0.3, -0.25) is 4.98 Å². The minimum atomic E-state index is -0.474. The van der Waals surface area contributed by atoms with E-state index in [9.17, 15) is 4.79 Å². The van der Waals surface area contributed by atoms with Crippen LogP contribution in [0.4, 0.5) is 0 Å². The highest BCUT2D eigenvalue weighted by molar-refractivity contribution is 4.90. The molecule has 1 heterocycles. The molecule has 0 bridgehead atoms. The summed E-state index contributed by atoms with van der Waals surface area (Å²) >= 11 is 0. The predicted molar refractivity (Wildman–Crippen MR) is 30.1 cm³/mol. The zero-order valence-electron chi connectivity index (χ0n) is 4.76.